The van der Waals surface area contributed by atoms with Crippen molar-refractivity contribution in [3.05, 3.63) is 62.6 Å². The van der Waals surface area contributed by atoms with E-state index in [4.69, 9.17) is 14.5 Å². The SMILES string of the molecule is COc1cc(Br)c(C=Nn2c(C3CCCCC3)nc3ccccc3c2=O)cc1OC. The first-order chi connectivity index (χ1) is 14.6. The fourth-order valence-corrected chi connectivity index (χ4v) is 4.39. The Morgan fingerprint density at radius 3 is 2.53 bits per heavy atom. The van der Waals surface area contributed by atoms with Gasteiger partial charge in [0, 0.05) is 16.0 Å². The number of hydrogen-bond donors (Lipinski definition) is 0. The number of benzene rings is 2. The molecule has 3 aromatic rings. The minimum atomic E-state index is -0.144. The summed E-state index contributed by atoms with van der Waals surface area (Å²) in [7, 11) is 3.18. The van der Waals surface area contributed by atoms with Crippen LogP contribution in [0.15, 0.2) is 50.8 Å². The first-order valence-corrected chi connectivity index (χ1v) is 10.9. The molecular formula is C23H24BrN3O3. The van der Waals surface area contributed by atoms with E-state index in [1.165, 1.54) is 11.1 Å². The van der Waals surface area contributed by atoms with Crippen molar-refractivity contribution in [3.8, 4) is 11.5 Å². The van der Waals surface area contributed by atoms with Crippen LogP contribution >= 0.6 is 15.9 Å². The third-order valence-corrected chi connectivity index (χ3v) is 6.25. The average molecular weight is 470 g/mol. The maximum Gasteiger partial charge on any atom is 0.282 e. The molecule has 1 heterocycles. The molecule has 1 fully saturated rings. The number of fused-ring (bicyclic) bond motifs is 1. The molecule has 2 aromatic carbocycles. The van der Waals surface area contributed by atoms with Gasteiger partial charge in [0.05, 0.1) is 31.3 Å². The summed E-state index contributed by atoms with van der Waals surface area (Å²) in [5, 5.41) is 5.15. The summed E-state index contributed by atoms with van der Waals surface area (Å²) in [6.07, 6.45) is 7.25. The van der Waals surface area contributed by atoms with Crippen molar-refractivity contribution in [2.45, 2.75) is 38.0 Å². The van der Waals surface area contributed by atoms with E-state index in [-0.39, 0.29) is 11.5 Å². The Hall–Kier alpha value is -2.67. The van der Waals surface area contributed by atoms with E-state index in [0.29, 0.717) is 16.9 Å². The predicted molar refractivity (Wildman–Crippen MR) is 122 cm³/mol. The van der Waals surface area contributed by atoms with E-state index in [9.17, 15) is 4.79 Å². The van der Waals surface area contributed by atoms with E-state index in [1.807, 2.05) is 30.3 Å². The normalized spacial score (nSPS) is 15.0. The number of methoxy groups -OCH3 is 2. The van der Waals surface area contributed by atoms with Crippen LogP contribution in [0.2, 0.25) is 0 Å². The van der Waals surface area contributed by atoms with Crippen molar-refractivity contribution >= 4 is 33.0 Å². The first kappa shape index (κ1) is 20.6. The number of ether oxygens (including phenoxy) is 2. The lowest BCUT2D eigenvalue weighted by Crippen LogP contribution is -2.25. The maximum absolute atomic E-state index is 13.3. The number of nitrogens with zero attached hydrogens (tertiary/aromatic N) is 3. The summed E-state index contributed by atoms with van der Waals surface area (Å²) in [4.78, 5) is 18.1. The molecule has 0 atom stereocenters. The molecule has 156 valence electrons. The quantitative estimate of drug-likeness (QED) is 0.487. The summed E-state index contributed by atoms with van der Waals surface area (Å²) in [5.41, 5.74) is 1.36. The minimum absolute atomic E-state index is 0.144. The Bertz CT molecular complexity index is 1150. The van der Waals surface area contributed by atoms with Gasteiger partial charge in [0.25, 0.3) is 5.56 Å². The molecule has 0 unspecified atom stereocenters. The lowest BCUT2D eigenvalue weighted by molar-refractivity contribution is 0.354. The van der Waals surface area contributed by atoms with Gasteiger partial charge in [0.15, 0.2) is 11.5 Å². The Morgan fingerprint density at radius 1 is 1.10 bits per heavy atom. The van der Waals surface area contributed by atoms with E-state index in [0.717, 1.165) is 47.1 Å². The number of aromatic nitrogens is 2. The van der Waals surface area contributed by atoms with Crippen molar-refractivity contribution in [2.75, 3.05) is 14.2 Å². The zero-order valence-electron chi connectivity index (χ0n) is 17.1. The highest BCUT2D eigenvalue weighted by molar-refractivity contribution is 9.10. The monoisotopic (exact) mass is 469 g/mol. The lowest BCUT2D eigenvalue weighted by Gasteiger charge is -2.22. The van der Waals surface area contributed by atoms with Crippen LogP contribution in [0.3, 0.4) is 0 Å². The van der Waals surface area contributed by atoms with Crippen molar-refractivity contribution in [1.82, 2.24) is 9.66 Å². The Labute approximate surface area is 183 Å². The summed E-state index contributed by atoms with van der Waals surface area (Å²) in [6, 6.07) is 11.1. The van der Waals surface area contributed by atoms with Crippen LogP contribution in [0.5, 0.6) is 11.5 Å². The Morgan fingerprint density at radius 2 is 1.80 bits per heavy atom. The number of hydrogen-bond acceptors (Lipinski definition) is 5. The second-order valence-electron chi connectivity index (χ2n) is 7.41. The van der Waals surface area contributed by atoms with Gasteiger partial charge in [-0.1, -0.05) is 31.4 Å². The van der Waals surface area contributed by atoms with Crippen LogP contribution in [0.4, 0.5) is 0 Å². The fourth-order valence-electron chi connectivity index (χ4n) is 3.97. The molecule has 1 aliphatic carbocycles. The third-order valence-electron chi connectivity index (χ3n) is 5.56. The second-order valence-corrected chi connectivity index (χ2v) is 8.27. The van der Waals surface area contributed by atoms with Gasteiger partial charge in [-0.15, -0.1) is 0 Å². The highest BCUT2D eigenvalue weighted by atomic mass is 79.9. The lowest BCUT2D eigenvalue weighted by atomic mass is 9.88. The molecule has 0 spiro atoms. The van der Waals surface area contributed by atoms with Crippen molar-refractivity contribution in [2.24, 2.45) is 5.10 Å². The van der Waals surface area contributed by atoms with Crippen molar-refractivity contribution < 1.29 is 9.47 Å². The molecule has 0 N–H and O–H groups in total. The largest absolute Gasteiger partial charge is 0.493 e. The fraction of sp³-hybridized carbons (Fsp3) is 0.348. The predicted octanol–water partition coefficient (Wildman–Crippen LogP) is 5.11. The number of halogens is 1. The van der Waals surface area contributed by atoms with Gasteiger partial charge in [-0.25, -0.2) is 4.98 Å². The standard InChI is InChI=1S/C23H24BrN3O3/c1-29-20-12-16(18(24)13-21(20)30-2)14-25-27-22(15-8-4-3-5-9-15)26-19-11-7-6-10-17(19)23(27)28/h6-7,10-15H,3-5,8-9H2,1-2H3. The van der Waals surface area contributed by atoms with Gasteiger partial charge < -0.3 is 9.47 Å². The summed E-state index contributed by atoms with van der Waals surface area (Å²) < 4.78 is 13.0. The Kier molecular flexibility index (Phi) is 6.18. The van der Waals surface area contributed by atoms with Crippen molar-refractivity contribution in [3.63, 3.8) is 0 Å². The molecule has 6 nitrogen and oxygen atoms in total. The van der Waals surface area contributed by atoms with Gasteiger partial charge in [-0.2, -0.15) is 9.78 Å². The van der Waals surface area contributed by atoms with Crippen LogP contribution < -0.4 is 15.0 Å². The van der Waals surface area contributed by atoms with Gasteiger partial charge in [-0.3, -0.25) is 4.79 Å². The van der Waals surface area contributed by atoms with Crippen LogP contribution in [0, 0.1) is 0 Å². The average Bonchev–Trinajstić information content (AvgIpc) is 2.79. The van der Waals surface area contributed by atoms with E-state index < -0.39 is 0 Å². The molecule has 1 saturated carbocycles. The van der Waals surface area contributed by atoms with Crippen molar-refractivity contribution in [1.29, 1.82) is 0 Å². The van der Waals surface area contributed by atoms with Crippen LogP contribution in [-0.2, 0) is 0 Å². The molecule has 0 radical (unpaired) electrons. The summed E-state index contributed by atoms with van der Waals surface area (Å²) >= 11 is 3.55. The van der Waals surface area contributed by atoms with E-state index in [1.54, 1.807) is 26.5 Å². The topological polar surface area (TPSA) is 65.7 Å². The number of rotatable bonds is 5. The zero-order valence-corrected chi connectivity index (χ0v) is 18.7. The Balaban J connectivity index is 1.83. The van der Waals surface area contributed by atoms with E-state index >= 15 is 0 Å². The molecule has 0 aliphatic heterocycles. The molecule has 4 rings (SSSR count). The molecule has 7 heteroatoms. The highest BCUT2D eigenvalue weighted by Gasteiger charge is 2.22. The van der Waals surface area contributed by atoms with E-state index in [2.05, 4.69) is 21.0 Å². The van der Waals surface area contributed by atoms with Gasteiger partial charge in [0.1, 0.15) is 5.82 Å². The van der Waals surface area contributed by atoms with Crippen LogP contribution in [0.1, 0.15) is 49.4 Å². The molecule has 0 bridgehead atoms. The number of para-hydroxylation sites is 1. The minimum Gasteiger partial charge on any atom is -0.493 e. The second kappa shape index (κ2) is 9.00. The van der Waals surface area contributed by atoms with Gasteiger partial charge in [-0.05, 0) is 53.0 Å². The van der Waals surface area contributed by atoms with Crippen LogP contribution in [0.25, 0.3) is 10.9 Å². The first-order valence-electron chi connectivity index (χ1n) is 10.1. The third kappa shape index (κ3) is 3.99. The molecule has 1 aliphatic rings. The summed E-state index contributed by atoms with van der Waals surface area (Å²) in [5.74, 6) is 2.20. The maximum atomic E-state index is 13.3. The molecule has 30 heavy (non-hydrogen) atoms. The highest BCUT2D eigenvalue weighted by Crippen LogP contribution is 2.33. The molecular weight excluding hydrogens is 446 g/mol. The molecule has 1 aromatic heterocycles. The molecule has 0 amide bonds. The zero-order chi connectivity index (χ0) is 21.1. The van der Waals surface area contributed by atoms with Gasteiger partial charge >= 0.3 is 0 Å². The smallest absolute Gasteiger partial charge is 0.282 e. The molecule has 0 saturated heterocycles. The van der Waals surface area contributed by atoms with Crippen LogP contribution in [-0.4, -0.2) is 30.1 Å². The summed E-state index contributed by atoms with van der Waals surface area (Å²) in [6.45, 7) is 0. The van der Waals surface area contributed by atoms with Gasteiger partial charge in [0.2, 0.25) is 0 Å².